The van der Waals surface area contributed by atoms with Crippen LogP contribution in [0.4, 0.5) is 0 Å². The largest absolute Gasteiger partial charge is 0.462 e. The standard InChI is InChI=1S/C30H46O4/c1-17-7-12-30(32-16-17)19(3)27-26(34-30)15-25-22-13-18(2)24-14-21(33-20(4)31)8-10-28(24,5)23(22)9-11-29(25,27)6/h17,19,21-23,25-27H,7-16H2,1-6H3/t17-,19+,21+,22+,23-,25+,26+,27-,28-,29+,30-/m1/s1. The molecule has 2 saturated heterocycles. The van der Waals surface area contributed by atoms with E-state index in [4.69, 9.17) is 14.2 Å². The molecule has 3 saturated carbocycles. The quantitative estimate of drug-likeness (QED) is 0.317. The molecule has 0 unspecified atom stereocenters. The molecule has 2 heterocycles. The molecule has 4 heteroatoms. The number of allylic oxidation sites excluding steroid dienone is 1. The highest BCUT2D eigenvalue weighted by molar-refractivity contribution is 5.66. The summed E-state index contributed by atoms with van der Waals surface area (Å²) in [7, 11) is 0. The molecule has 0 bridgehead atoms. The highest BCUT2D eigenvalue weighted by atomic mass is 16.7. The van der Waals surface area contributed by atoms with E-state index in [0.717, 1.165) is 50.0 Å². The Bertz CT molecular complexity index is 884. The van der Waals surface area contributed by atoms with E-state index in [9.17, 15) is 4.79 Å². The first kappa shape index (κ1) is 23.5. The fraction of sp³-hybridized carbons (Fsp3) is 0.900. The van der Waals surface area contributed by atoms with Gasteiger partial charge in [-0.3, -0.25) is 4.79 Å². The van der Waals surface area contributed by atoms with E-state index in [1.165, 1.54) is 32.1 Å². The van der Waals surface area contributed by atoms with Gasteiger partial charge in [0.15, 0.2) is 5.79 Å². The Morgan fingerprint density at radius 2 is 1.82 bits per heavy atom. The van der Waals surface area contributed by atoms with Crippen LogP contribution in [-0.2, 0) is 19.0 Å². The van der Waals surface area contributed by atoms with E-state index in [2.05, 4.69) is 34.6 Å². The van der Waals surface area contributed by atoms with Gasteiger partial charge in [0.1, 0.15) is 6.10 Å². The molecule has 0 radical (unpaired) electrons. The van der Waals surface area contributed by atoms with Gasteiger partial charge in [-0.2, -0.15) is 0 Å². The Labute approximate surface area is 206 Å². The summed E-state index contributed by atoms with van der Waals surface area (Å²) < 4.78 is 19.1. The number of carbonyl (C=O) groups excluding carboxylic acids is 1. The van der Waals surface area contributed by atoms with Gasteiger partial charge >= 0.3 is 5.97 Å². The van der Waals surface area contributed by atoms with Crippen molar-refractivity contribution < 1.29 is 19.0 Å². The molecular weight excluding hydrogens is 424 g/mol. The summed E-state index contributed by atoms with van der Waals surface area (Å²) in [4.78, 5) is 11.6. The fourth-order valence-electron chi connectivity index (χ4n) is 10.4. The van der Waals surface area contributed by atoms with E-state index in [0.29, 0.717) is 29.3 Å². The van der Waals surface area contributed by atoms with Crippen LogP contribution in [-0.4, -0.2) is 30.6 Å². The summed E-state index contributed by atoms with van der Waals surface area (Å²) in [6.45, 7) is 14.7. The molecule has 1 spiro atoms. The van der Waals surface area contributed by atoms with Gasteiger partial charge in [0, 0.05) is 25.7 Å². The third-order valence-electron chi connectivity index (χ3n) is 12.0. The molecule has 2 aliphatic heterocycles. The van der Waals surface area contributed by atoms with Crippen LogP contribution >= 0.6 is 0 Å². The zero-order valence-electron chi connectivity index (χ0n) is 22.3. The maximum absolute atomic E-state index is 11.6. The molecule has 11 atom stereocenters. The maximum atomic E-state index is 11.6. The average Bonchev–Trinajstić information content (AvgIpc) is 3.22. The van der Waals surface area contributed by atoms with Crippen molar-refractivity contribution in [2.24, 2.45) is 46.3 Å². The second-order valence-electron chi connectivity index (χ2n) is 13.7. The van der Waals surface area contributed by atoms with Crippen LogP contribution in [0.1, 0.15) is 99.3 Å². The third kappa shape index (κ3) is 3.19. The normalized spacial score (nSPS) is 54.3. The number of hydrogen-bond acceptors (Lipinski definition) is 4. The van der Waals surface area contributed by atoms with E-state index >= 15 is 0 Å². The van der Waals surface area contributed by atoms with Crippen LogP contribution in [0.3, 0.4) is 0 Å². The lowest BCUT2D eigenvalue weighted by molar-refractivity contribution is -0.272. The fourth-order valence-corrected chi connectivity index (χ4v) is 10.4. The van der Waals surface area contributed by atoms with Crippen molar-refractivity contribution in [3.63, 3.8) is 0 Å². The van der Waals surface area contributed by atoms with Crippen molar-refractivity contribution in [1.29, 1.82) is 0 Å². The third-order valence-corrected chi connectivity index (χ3v) is 12.0. The van der Waals surface area contributed by atoms with Crippen LogP contribution in [0.25, 0.3) is 0 Å². The van der Waals surface area contributed by atoms with Crippen molar-refractivity contribution in [3.8, 4) is 0 Å². The molecule has 0 aromatic carbocycles. The zero-order valence-corrected chi connectivity index (χ0v) is 22.3. The molecule has 4 aliphatic carbocycles. The number of esters is 1. The Morgan fingerprint density at radius 3 is 2.53 bits per heavy atom. The number of rotatable bonds is 1. The Balaban J connectivity index is 1.26. The first-order valence-corrected chi connectivity index (χ1v) is 14.3. The van der Waals surface area contributed by atoms with Crippen LogP contribution < -0.4 is 0 Å². The molecule has 0 aromatic heterocycles. The van der Waals surface area contributed by atoms with Gasteiger partial charge in [-0.05, 0) is 92.3 Å². The highest BCUT2D eigenvalue weighted by Gasteiger charge is 2.68. The van der Waals surface area contributed by atoms with Gasteiger partial charge in [-0.25, -0.2) is 0 Å². The van der Waals surface area contributed by atoms with Gasteiger partial charge < -0.3 is 14.2 Å². The number of ether oxygens (including phenoxy) is 3. The molecule has 34 heavy (non-hydrogen) atoms. The van der Waals surface area contributed by atoms with Crippen LogP contribution in [0.5, 0.6) is 0 Å². The maximum Gasteiger partial charge on any atom is 0.302 e. The minimum atomic E-state index is -0.316. The summed E-state index contributed by atoms with van der Waals surface area (Å²) in [5.74, 6) is 3.61. The number of carbonyl (C=O) groups is 1. The monoisotopic (exact) mass is 470 g/mol. The minimum absolute atomic E-state index is 0.0791. The molecule has 4 nitrogen and oxygen atoms in total. The summed E-state index contributed by atoms with van der Waals surface area (Å²) in [6.07, 6.45) is 11.0. The first-order valence-electron chi connectivity index (χ1n) is 14.3. The lowest BCUT2D eigenvalue weighted by Crippen LogP contribution is -2.53. The van der Waals surface area contributed by atoms with Crippen molar-refractivity contribution >= 4 is 5.97 Å². The van der Waals surface area contributed by atoms with E-state index in [1.807, 2.05) is 0 Å². The summed E-state index contributed by atoms with van der Waals surface area (Å²) in [5, 5.41) is 0. The molecule has 6 aliphatic rings. The van der Waals surface area contributed by atoms with Crippen molar-refractivity contribution in [3.05, 3.63) is 11.1 Å². The highest BCUT2D eigenvalue weighted by Crippen LogP contribution is 2.71. The van der Waals surface area contributed by atoms with Gasteiger partial charge in [-0.1, -0.05) is 38.8 Å². The second kappa shape index (κ2) is 7.81. The Hall–Kier alpha value is -0.870. The summed E-state index contributed by atoms with van der Waals surface area (Å²) in [5.41, 5.74) is 3.86. The molecule has 0 aromatic rings. The minimum Gasteiger partial charge on any atom is -0.462 e. The first-order chi connectivity index (χ1) is 16.1. The lowest BCUT2D eigenvalue weighted by atomic mass is 9.46. The SMILES string of the molecule is CC(=O)O[C@H]1CC[C@@]2(C)C(=C(C)C[C@H]3[C@H]2CC[C@]2(C)[C@H]4[C@H](C[C@@H]32)O[C@]2(CC[C@@H](C)CO2)[C@H]4C)C1. The molecule has 6 rings (SSSR count). The predicted octanol–water partition coefficient (Wildman–Crippen LogP) is 6.67. The predicted molar refractivity (Wildman–Crippen MR) is 132 cm³/mol. The van der Waals surface area contributed by atoms with Crippen molar-refractivity contribution in [1.82, 2.24) is 0 Å². The lowest BCUT2D eigenvalue weighted by Gasteiger charge is -2.59. The second-order valence-corrected chi connectivity index (χ2v) is 13.7. The Morgan fingerprint density at radius 1 is 1.03 bits per heavy atom. The van der Waals surface area contributed by atoms with Gasteiger partial charge in [0.25, 0.3) is 0 Å². The van der Waals surface area contributed by atoms with E-state index < -0.39 is 0 Å². The Kier molecular flexibility index (Phi) is 5.41. The van der Waals surface area contributed by atoms with E-state index in [1.54, 1.807) is 18.1 Å². The van der Waals surface area contributed by atoms with Crippen LogP contribution in [0.2, 0.25) is 0 Å². The summed E-state index contributed by atoms with van der Waals surface area (Å²) >= 11 is 0. The van der Waals surface area contributed by atoms with Gasteiger partial charge in [0.2, 0.25) is 0 Å². The van der Waals surface area contributed by atoms with Gasteiger partial charge in [-0.15, -0.1) is 0 Å². The molecular formula is C30H46O4. The molecule has 190 valence electrons. The summed E-state index contributed by atoms with van der Waals surface area (Å²) in [6, 6.07) is 0. The van der Waals surface area contributed by atoms with Crippen LogP contribution in [0, 0.1) is 46.3 Å². The van der Waals surface area contributed by atoms with E-state index in [-0.39, 0.29) is 23.3 Å². The number of fused-ring (bicyclic) bond motifs is 7. The average molecular weight is 471 g/mol. The van der Waals surface area contributed by atoms with Crippen LogP contribution in [0.15, 0.2) is 11.1 Å². The van der Waals surface area contributed by atoms with Crippen molar-refractivity contribution in [2.75, 3.05) is 6.61 Å². The zero-order chi connectivity index (χ0) is 24.0. The molecule has 0 N–H and O–H groups in total. The number of hydrogen-bond donors (Lipinski definition) is 0. The molecule has 5 fully saturated rings. The smallest absolute Gasteiger partial charge is 0.302 e. The van der Waals surface area contributed by atoms with Gasteiger partial charge in [0.05, 0.1) is 12.7 Å². The molecule has 0 amide bonds. The van der Waals surface area contributed by atoms with Crippen molar-refractivity contribution in [2.45, 2.75) is 117 Å². The topological polar surface area (TPSA) is 44.8 Å².